The highest BCUT2D eigenvalue weighted by Gasteiger charge is 2.52. The second-order valence-corrected chi connectivity index (χ2v) is 19.4. The van der Waals surface area contributed by atoms with Crippen molar-refractivity contribution in [3.63, 3.8) is 0 Å². The lowest BCUT2D eigenvalue weighted by atomic mass is 9.69. The molecule has 0 amide bonds. The Morgan fingerprint density at radius 1 is 0.312 bits per heavy atom. The van der Waals surface area contributed by atoms with E-state index in [1.54, 1.807) is 0 Å². The Labute approximate surface area is 377 Å². The number of benzene rings is 9. The van der Waals surface area contributed by atoms with Gasteiger partial charge in [0.05, 0.1) is 5.41 Å². The lowest BCUT2D eigenvalue weighted by Gasteiger charge is -2.32. The monoisotopic (exact) mass is 823 g/mol. The number of hydrogen-bond acceptors (Lipinski definition) is 1. The van der Waals surface area contributed by atoms with E-state index in [2.05, 4.69) is 187 Å². The summed E-state index contributed by atoms with van der Waals surface area (Å²) in [6, 6.07) is 69.9. The summed E-state index contributed by atoms with van der Waals surface area (Å²) in [5.41, 5.74) is 21.3. The molecule has 1 heteroatoms. The molecule has 0 radical (unpaired) electrons. The highest BCUT2D eigenvalue weighted by Crippen LogP contribution is 2.64. The summed E-state index contributed by atoms with van der Waals surface area (Å²) in [5, 5.41) is 8.94. The largest absolute Gasteiger partial charge is 0.356 e. The van der Waals surface area contributed by atoms with E-state index in [-0.39, 0.29) is 5.41 Å². The van der Waals surface area contributed by atoms with Crippen molar-refractivity contribution >= 4 is 32.9 Å². The molecule has 4 aliphatic rings. The van der Waals surface area contributed by atoms with Crippen LogP contribution in [0.5, 0.6) is 0 Å². The van der Waals surface area contributed by atoms with Crippen LogP contribution in [0.4, 0.5) is 11.4 Å². The molecule has 0 atom stereocenters. The molecular weight excluding hydrogens is 771 g/mol. The van der Waals surface area contributed by atoms with Gasteiger partial charge in [-0.2, -0.15) is 0 Å². The number of fused-ring (bicyclic) bond motifs is 12. The molecule has 9 aromatic rings. The molecule has 1 nitrogen and oxygen atoms in total. The SMILES string of the molecule is c1ccc2c(c1)-c1ccc(Nc3ccc(-c4ccc5cc(-c6ccc7ccccc7c6)ccc5c4)cc3)cc1C21c2cc(C3CCCCC3)ccc2-c2ccc(C3CCCCC3)cc21. The molecule has 13 rings (SSSR count). The Kier molecular flexibility index (Phi) is 9.00. The highest BCUT2D eigenvalue weighted by atomic mass is 14.9. The molecule has 0 heterocycles. The first-order chi connectivity index (χ1) is 31.7. The van der Waals surface area contributed by atoms with E-state index in [0.29, 0.717) is 11.8 Å². The number of rotatable bonds is 6. The minimum atomic E-state index is -0.361. The first-order valence-corrected chi connectivity index (χ1v) is 24.1. The van der Waals surface area contributed by atoms with E-state index in [1.165, 1.54) is 164 Å². The summed E-state index contributed by atoms with van der Waals surface area (Å²) < 4.78 is 0. The maximum absolute atomic E-state index is 3.88. The fraction of sp³-hybridized carbons (Fsp3) is 0.206. The van der Waals surface area contributed by atoms with Crippen molar-refractivity contribution in [3.05, 3.63) is 215 Å². The average molecular weight is 824 g/mol. The summed E-state index contributed by atoms with van der Waals surface area (Å²) in [5.74, 6) is 1.29. The van der Waals surface area contributed by atoms with Crippen LogP contribution in [0.2, 0.25) is 0 Å². The van der Waals surface area contributed by atoms with Crippen molar-refractivity contribution in [2.45, 2.75) is 81.5 Å². The van der Waals surface area contributed by atoms with Crippen LogP contribution < -0.4 is 5.32 Å². The molecule has 0 saturated heterocycles. The van der Waals surface area contributed by atoms with Gasteiger partial charge in [-0.25, -0.2) is 0 Å². The van der Waals surface area contributed by atoms with Crippen molar-refractivity contribution in [3.8, 4) is 44.5 Å². The van der Waals surface area contributed by atoms with Crippen LogP contribution in [0, 0.1) is 0 Å². The molecule has 0 bridgehead atoms. The van der Waals surface area contributed by atoms with Gasteiger partial charge in [0.25, 0.3) is 0 Å². The minimum absolute atomic E-state index is 0.361. The minimum Gasteiger partial charge on any atom is -0.356 e. The first-order valence-electron chi connectivity index (χ1n) is 24.1. The zero-order valence-corrected chi connectivity index (χ0v) is 36.5. The Morgan fingerprint density at radius 2 is 0.750 bits per heavy atom. The molecule has 310 valence electrons. The summed E-state index contributed by atoms with van der Waals surface area (Å²) >= 11 is 0. The Morgan fingerprint density at radius 3 is 1.36 bits per heavy atom. The summed E-state index contributed by atoms with van der Waals surface area (Å²) in [6.07, 6.45) is 13.3. The average Bonchev–Trinajstić information content (AvgIpc) is 3.83. The van der Waals surface area contributed by atoms with Gasteiger partial charge in [0, 0.05) is 11.4 Å². The van der Waals surface area contributed by atoms with Gasteiger partial charge in [0.2, 0.25) is 0 Å². The molecule has 4 aliphatic carbocycles. The third-order valence-electron chi connectivity index (χ3n) is 15.8. The van der Waals surface area contributed by atoms with Crippen molar-refractivity contribution < 1.29 is 0 Å². The molecule has 2 fully saturated rings. The maximum Gasteiger partial charge on any atom is 0.0726 e. The molecule has 64 heavy (non-hydrogen) atoms. The lowest BCUT2D eigenvalue weighted by Crippen LogP contribution is -2.26. The normalized spacial score (nSPS) is 16.4. The van der Waals surface area contributed by atoms with E-state index in [9.17, 15) is 0 Å². The molecule has 1 spiro atoms. The predicted molar refractivity (Wildman–Crippen MR) is 270 cm³/mol. The number of anilines is 2. The second-order valence-electron chi connectivity index (χ2n) is 19.4. The predicted octanol–water partition coefficient (Wildman–Crippen LogP) is 17.5. The van der Waals surface area contributed by atoms with E-state index in [1.807, 2.05) is 0 Å². The van der Waals surface area contributed by atoms with Gasteiger partial charge in [-0.05, 0) is 179 Å². The molecule has 0 unspecified atom stereocenters. The fourth-order valence-electron chi connectivity index (χ4n) is 12.6. The van der Waals surface area contributed by atoms with Crippen molar-refractivity contribution in [1.29, 1.82) is 0 Å². The van der Waals surface area contributed by atoms with Crippen LogP contribution in [0.3, 0.4) is 0 Å². The number of nitrogens with one attached hydrogen (secondary N) is 1. The van der Waals surface area contributed by atoms with Crippen LogP contribution in [0.15, 0.2) is 182 Å². The Balaban J connectivity index is 0.857. The van der Waals surface area contributed by atoms with E-state index in [4.69, 9.17) is 0 Å². The molecule has 2 saturated carbocycles. The van der Waals surface area contributed by atoms with Crippen molar-refractivity contribution in [2.24, 2.45) is 0 Å². The zero-order chi connectivity index (χ0) is 42.2. The van der Waals surface area contributed by atoms with Crippen LogP contribution in [0.25, 0.3) is 66.1 Å². The van der Waals surface area contributed by atoms with Gasteiger partial charge in [0.15, 0.2) is 0 Å². The molecule has 1 N–H and O–H groups in total. The Bertz CT molecular complexity index is 3200. The summed E-state index contributed by atoms with van der Waals surface area (Å²) in [4.78, 5) is 0. The number of hydrogen-bond donors (Lipinski definition) is 1. The quantitative estimate of drug-likeness (QED) is 0.176. The molecule has 0 aromatic heterocycles. The van der Waals surface area contributed by atoms with Crippen LogP contribution in [-0.4, -0.2) is 0 Å². The van der Waals surface area contributed by atoms with E-state index >= 15 is 0 Å². The third-order valence-corrected chi connectivity index (χ3v) is 15.8. The third kappa shape index (κ3) is 6.11. The lowest BCUT2D eigenvalue weighted by molar-refractivity contribution is 0.443. The molecule has 0 aliphatic heterocycles. The second kappa shape index (κ2) is 15.2. The van der Waals surface area contributed by atoms with Gasteiger partial charge in [-0.1, -0.05) is 178 Å². The zero-order valence-electron chi connectivity index (χ0n) is 36.5. The van der Waals surface area contributed by atoms with E-state index in [0.717, 1.165) is 11.4 Å². The van der Waals surface area contributed by atoms with Crippen LogP contribution in [-0.2, 0) is 5.41 Å². The topological polar surface area (TPSA) is 12.0 Å². The Hall–Kier alpha value is -6.70. The maximum atomic E-state index is 3.88. The van der Waals surface area contributed by atoms with Gasteiger partial charge < -0.3 is 5.32 Å². The standard InChI is InChI=1S/C63H53N/c1-3-11-41(12-4-1)51-27-32-56-57-33-28-52(42-13-5-2-6-14-42)39-61(57)63(60(56)38-51)59-18-10-9-17-55(59)58-34-31-54(40-62(58)63)64-53-29-25-44(26-30-53)46-21-22-49-37-50(24-23-48(49)36-46)47-20-19-43-15-7-8-16-45(43)35-47/h7-10,15-42,64H,1-6,11-14H2. The summed E-state index contributed by atoms with van der Waals surface area (Å²) in [6.45, 7) is 0. The van der Waals surface area contributed by atoms with E-state index < -0.39 is 0 Å². The highest BCUT2D eigenvalue weighted by molar-refractivity contribution is 5.97. The van der Waals surface area contributed by atoms with Crippen molar-refractivity contribution in [2.75, 3.05) is 5.32 Å². The van der Waals surface area contributed by atoms with Gasteiger partial charge in [0.1, 0.15) is 0 Å². The van der Waals surface area contributed by atoms with Gasteiger partial charge in [-0.3, -0.25) is 0 Å². The van der Waals surface area contributed by atoms with Gasteiger partial charge >= 0.3 is 0 Å². The van der Waals surface area contributed by atoms with Crippen LogP contribution in [0.1, 0.15) is 109 Å². The first kappa shape index (κ1) is 37.8. The molecule has 9 aromatic carbocycles. The fourth-order valence-corrected chi connectivity index (χ4v) is 12.6. The van der Waals surface area contributed by atoms with Crippen LogP contribution >= 0.6 is 0 Å². The van der Waals surface area contributed by atoms with Crippen molar-refractivity contribution in [1.82, 2.24) is 0 Å². The van der Waals surface area contributed by atoms with Gasteiger partial charge in [-0.15, -0.1) is 0 Å². The molecular formula is C63H53N. The smallest absolute Gasteiger partial charge is 0.0726 e. The summed E-state index contributed by atoms with van der Waals surface area (Å²) in [7, 11) is 0.